The maximum absolute atomic E-state index is 7.19. The van der Waals surface area contributed by atoms with Crippen LogP contribution in [0.1, 0.15) is 22.3 Å². The Morgan fingerprint density at radius 3 is 0.682 bits per heavy atom. The Kier molecular flexibility index (Phi) is 10.2. The minimum absolute atomic E-state index is 1.09. The highest BCUT2D eigenvalue weighted by Gasteiger charge is 2.54. The molecule has 1 heterocycles. The fourth-order valence-corrected chi connectivity index (χ4v) is 24.4. The van der Waals surface area contributed by atoms with Crippen LogP contribution in [0.25, 0.3) is 24.3 Å². The van der Waals surface area contributed by atoms with Crippen LogP contribution in [0, 0.1) is 0 Å². The third-order valence-corrected chi connectivity index (χ3v) is 23.2. The summed E-state index contributed by atoms with van der Waals surface area (Å²) in [7, 11) is -12.0. The van der Waals surface area contributed by atoms with E-state index in [4.69, 9.17) is 16.5 Å². The van der Waals surface area contributed by atoms with Gasteiger partial charge in [-0.1, -0.05) is 146 Å². The van der Waals surface area contributed by atoms with Gasteiger partial charge in [-0.15, -0.1) is 0 Å². The maximum atomic E-state index is 7.19. The van der Waals surface area contributed by atoms with Crippen molar-refractivity contribution in [3.8, 4) is 0 Å². The van der Waals surface area contributed by atoms with E-state index in [0.717, 1.165) is 22.3 Å². The highest BCUT2D eigenvalue weighted by molar-refractivity contribution is 6.98. The second kappa shape index (κ2) is 14.1. The number of hydrogen-bond acceptors (Lipinski definition) is 4. The highest BCUT2D eigenvalue weighted by Crippen LogP contribution is 2.34. The molecule has 4 aromatic rings. The van der Waals surface area contributed by atoms with Gasteiger partial charge in [0.15, 0.2) is 0 Å². The molecule has 5 rings (SSSR count). The molecular formula is C36H40O4Si4. The van der Waals surface area contributed by atoms with Crippen molar-refractivity contribution in [2.75, 3.05) is 0 Å². The van der Waals surface area contributed by atoms with Gasteiger partial charge in [0.2, 0.25) is 0 Å². The molecule has 0 bridgehead atoms. The van der Waals surface area contributed by atoms with Gasteiger partial charge in [-0.25, -0.2) is 0 Å². The molecule has 0 radical (unpaired) electrons. The SMILES string of the molecule is C[Si]1(C=Cc2ccccc2)O[Si](C)(C=Cc2ccccc2)O[Si](C)(C=Cc2ccccc2)O[Si](C)(C=Cc2ccccc2)O1. The molecule has 0 aliphatic carbocycles. The van der Waals surface area contributed by atoms with Crippen LogP contribution in [-0.4, -0.2) is 34.2 Å². The van der Waals surface area contributed by atoms with E-state index < -0.39 is 34.2 Å². The summed E-state index contributed by atoms with van der Waals surface area (Å²) in [4.78, 5) is 0. The topological polar surface area (TPSA) is 36.9 Å². The van der Waals surface area contributed by atoms with Crippen LogP contribution >= 0.6 is 0 Å². The molecule has 8 heteroatoms. The first kappa shape index (κ1) is 32.0. The zero-order valence-corrected chi connectivity index (χ0v) is 29.8. The van der Waals surface area contributed by atoms with Gasteiger partial charge in [-0.2, -0.15) is 0 Å². The standard InChI is InChI=1S/C36H40O4Si4/c1-41(29-25-33-17-9-5-10-18-33)37-42(2,30-26-34-19-11-6-12-20-34)39-44(4,32-28-36-23-15-8-16-24-36)40-43(3,38-41)31-27-35-21-13-7-14-22-35/h5-32H,1-4H3. The van der Waals surface area contributed by atoms with E-state index >= 15 is 0 Å². The second-order valence-electron chi connectivity index (χ2n) is 11.4. The molecule has 4 aromatic carbocycles. The van der Waals surface area contributed by atoms with E-state index in [1.54, 1.807) is 0 Å². The van der Waals surface area contributed by atoms with E-state index in [1.165, 1.54) is 0 Å². The highest BCUT2D eigenvalue weighted by atomic mass is 28.5. The third kappa shape index (κ3) is 9.27. The summed E-state index contributed by atoms with van der Waals surface area (Å²) in [6, 6.07) is 41.0. The van der Waals surface area contributed by atoms with Crippen molar-refractivity contribution >= 4 is 58.5 Å². The molecule has 0 amide bonds. The lowest BCUT2D eigenvalue weighted by Crippen LogP contribution is -2.66. The van der Waals surface area contributed by atoms with Crippen LogP contribution in [0.15, 0.2) is 144 Å². The normalized spacial score (nSPS) is 28.1. The summed E-state index contributed by atoms with van der Waals surface area (Å²) in [5, 5.41) is 0. The molecule has 0 spiro atoms. The van der Waals surface area contributed by atoms with Crippen molar-refractivity contribution in [3.63, 3.8) is 0 Å². The van der Waals surface area contributed by atoms with Crippen LogP contribution in [-0.2, 0) is 16.5 Å². The second-order valence-corrected chi connectivity index (χ2v) is 24.2. The van der Waals surface area contributed by atoms with Crippen LogP contribution in [0.5, 0.6) is 0 Å². The minimum Gasteiger partial charge on any atom is -0.410 e. The van der Waals surface area contributed by atoms with Gasteiger partial charge in [0.1, 0.15) is 0 Å². The maximum Gasteiger partial charge on any atom is 0.344 e. The summed E-state index contributed by atoms with van der Waals surface area (Å²) in [6.45, 7) is 8.41. The first-order chi connectivity index (χ1) is 21.1. The Hall–Kier alpha value is -3.45. The fourth-order valence-electron chi connectivity index (χ4n) is 5.21. The van der Waals surface area contributed by atoms with Gasteiger partial charge in [-0.05, 0) is 71.2 Å². The average molecular weight is 649 g/mol. The molecule has 0 N–H and O–H groups in total. The van der Waals surface area contributed by atoms with Crippen molar-refractivity contribution in [1.82, 2.24) is 0 Å². The Morgan fingerprint density at radius 1 is 0.318 bits per heavy atom. The minimum atomic E-state index is -3.01. The monoisotopic (exact) mass is 648 g/mol. The molecule has 0 aromatic heterocycles. The average Bonchev–Trinajstić information content (AvgIpc) is 3.02. The van der Waals surface area contributed by atoms with Crippen molar-refractivity contribution in [2.24, 2.45) is 0 Å². The Bertz CT molecular complexity index is 1350. The van der Waals surface area contributed by atoms with Gasteiger partial charge in [0.05, 0.1) is 0 Å². The molecule has 1 aliphatic rings. The van der Waals surface area contributed by atoms with Crippen LogP contribution in [0.4, 0.5) is 0 Å². The summed E-state index contributed by atoms with van der Waals surface area (Å²) in [6.07, 6.45) is 8.41. The van der Waals surface area contributed by atoms with Crippen LogP contribution in [0.2, 0.25) is 26.2 Å². The van der Waals surface area contributed by atoms with Gasteiger partial charge >= 0.3 is 34.2 Å². The molecule has 4 nitrogen and oxygen atoms in total. The van der Waals surface area contributed by atoms with E-state index in [0.29, 0.717) is 0 Å². The zero-order valence-electron chi connectivity index (χ0n) is 25.8. The smallest absolute Gasteiger partial charge is 0.344 e. The Balaban J connectivity index is 1.58. The number of rotatable bonds is 8. The largest absolute Gasteiger partial charge is 0.410 e. The molecule has 44 heavy (non-hydrogen) atoms. The number of hydrogen-bond donors (Lipinski definition) is 0. The van der Waals surface area contributed by atoms with Crippen molar-refractivity contribution in [2.45, 2.75) is 26.2 Å². The summed E-state index contributed by atoms with van der Waals surface area (Å²) in [5.41, 5.74) is 12.9. The molecule has 1 saturated heterocycles. The first-order valence-electron chi connectivity index (χ1n) is 14.9. The summed E-state index contributed by atoms with van der Waals surface area (Å²) in [5.74, 6) is 0. The lowest BCUT2D eigenvalue weighted by atomic mass is 10.2. The summed E-state index contributed by atoms with van der Waals surface area (Å²) < 4.78 is 28.7. The van der Waals surface area contributed by atoms with E-state index in [1.807, 2.05) is 72.8 Å². The molecule has 1 fully saturated rings. The van der Waals surface area contributed by atoms with Gasteiger partial charge < -0.3 is 16.5 Å². The predicted molar refractivity (Wildman–Crippen MR) is 193 cm³/mol. The van der Waals surface area contributed by atoms with E-state index in [-0.39, 0.29) is 0 Å². The van der Waals surface area contributed by atoms with Gasteiger partial charge in [0, 0.05) is 0 Å². The predicted octanol–water partition coefficient (Wildman–Crippen LogP) is 9.36. The van der Waals surface area contributed by atoms with Gasteiger partial charge in [0.25, 0.3) is 0 Å². The van der Waals surface area contributed by atoms with E-state index in [9.17, 15) is 0 Å². The summed E-state index contributed by atoms with van der Waals surface area (Å²) >= 11 is 0. The van der Waals surface area contributed by atoms with Crippen molar-refractivity contribution < 1.29 is 16.5 Å². The lowest BCUT2D eigenvalue weighted by molar-refractivity contribution is 0.251. The molecule has 0 unspecified atom stereocenters. The molecule has 1 aliphatic heterocycles. The quantitative estimate of drug-likeness (QED) is 0.179. The van der Waals surface area contributed by atoms with Crippen LogP contribution in [0.3, 0.4) is 0 Å². The third-order valence-electron chi connectivity index (χ3n) is 7.13. The number of benzene rings is 4. The van der Waals surface area contributed by atoms with Gasteiger partial charge in [-0.3, -0.25) is 0 Å². The molecule has 0 saturated carbocycles. The van der Waals surface area contributed by atoms with Crippen molar-refractivity contribution in [3.05, 3.63) is 166 Å². The molecule has 0 atom stereocenters. The Morgan fingerprint density at radius 2 is 0.500 bits per heavy atom. The van der Waals surface area contributed by atoms with Crippen molar-refractivity contribution in [1.29, 1.82) is 0 Å². The fraction of sp³-hybridized carbons (Fsp3) is 0.111. The van der Waals surface area contributed by atoms with Crippen LogP contribution < -0.4 is 0 Å². The molecule has 224 valence electrons. The zero-order chi connectivity index (χ0) is 30.9. The molecular weight excluding hydrogens is 609 g/mol. The van der Waals surface area contributed by atoms with E-state index in [2.05, 4.69) is 122 Å². The first-order valence-corrected chi connectivity index (χ1v) is 24.5. The Labute approximate surface area is 266 Å². The lowest BCUT2D eigenvalue weighted by Gasteiger charge is -2.47.